The average molecular weight is 1070 g/mol. The molecule has 0 aromatic carbocycles. The van der Waals surface area contributed by atoms with Gasteiger partial charge in [-0.05, 0) is 57.8 Å². The molecule has 0 aromatic rings. The van der Waals surface area contributed by atoms with Gasteiger partial charge in [-0.25, -0.2) is 0 Å². The van der Waals surface area contributed by atoms with Crippen molar-refractivity contribution >= 4 is 11.9 Å². The molecule has 0 heterocycles. The third-order valence-corrected chi connectivity index (χ3v) is 16.2. The molecular weight excluding hydrogens is 935 g/mol. The number of carbonyl (C=O) groups is 2. The van der Waals surface area contributed by atoms with E-state index in [1.807, 2.05) is 6.08 Å². The molecule has 0 spiro atoms. The minimum atomic E-state index is -0.839. The summed E-state index contributed by atoms with van der Waals surface area (Å²) in [6, 6.07) is -0.623. The van der Waals surface area contributed by atoms with E-state index in [1.54, 1.807) is 6.08 Å². The minimum Gasteiger partial charge on any atom is -0.466 e. The Balaban J connectivity index is 3.31. The summed E-state index contributed by atoms with van der Waals surface area (Å²) in [5.74, 6) is -0.0459. The largest absolute Gasteiger partial charge is 0.466 e. The van der Waals surface area contributed by atoms with Gasteiger partial charge in [-0.3, -0.25) is 9.59 Å². The van der Waals surface area contributed by atoms with Gasteiger partial charge in [0.15, 0.2) is 0 Å². The Kier molecular flexibility index (Phi) is 64.4. The molecule has 0 rings (SSSR count). The molecule has 2 unspecified atom stereocenters. The van der Waals surface area contributed by atoms with E-state index in [9.17, 15) is 19.8 Å². The predicted molar refractivity (Wildman–Crippen MR) is 333 cm³/mol. The second-order valence-corrected chi connectivity index (χ2v) is 23.9. The number of rotatable bonds is 65. The molecule has 0 fully saturated rings. The molecule has 0 radical (unpaired) electrons. The Labute approximate surface area is 475 Å². The summed E-state index contributed by atoms with van der Waals surface area (Å²) < 4.78 is 5.50. The molecule has 3 N–H and O–H groups in total. The van der Waals surface area contributed by atoms with Crippen molar-refractivity contribution in [2.45, 2.75) is 398 Å². The molecule has 6 heteroatoms. The van der Waals surface area contributed by atoms with Gasteiger partial charge in [0, 0.05) is 12.8 Å². The van der Waals surface area contributed by atoms with E-state index in [0.29, 0.717) is 19.4 Å². The van der Waals surface area contributed by atoms with Crippen molar-refractivity contribution in [2.75, 3.05) is 13.2 Å². The zero-order valence-corrected chi connectivity index (χ0v) is 51.5. The van der Waals surface area contributed by atoms with Crippen LogP contribution < -0.4 is 5.32 Å². The summed E-state index contributed by atoms with van der Waals surface area (Å²) >= 11 is 0. The second kappa shape index (κ2) is 65.9. The van der Waals surface area contributed by atoms with Gasteiger partial charge < -0.3 is 20.3 Å². The summed E-state index contributed by atoms with van der Waals surface area (Å²) in [6.07, 6.45) is 82.7. The molecule has 0 aromatic heterocycles. The molecule has 0 saturated heterocycles. The zero-order chi connectivity index (χ0) is 55.0. The van der Waals surface area contributed by atoms with E-state index in [-0.39, 0.29) is 18.5 Å². The van der Waals surface area contributed by atoms with Crippen LogP contribution in [-0.4, -0.2) is 47.4 Å². The maximum absolute atomic E-state index is 12.4. The lowest BCUT2D eigenvalue weighted by atomic mass is 10.0. The van der Waals surface area contributed by atoms with Crippen LogP contribution in [0.15, 0.2) is 24.3 Å². The van der Waals surface area contributed by atoms with E-state index in [0.717, 1.165) is 44.9 Å². The van der Waals surface area contributed by atoms with Gasteiger partial charge in [0.05, 0.1) is 25.4 Å². The standard InChI is InChI=1S/C70H135NO5/c1-3-5-7-9-11-13-15-16-17-33-37-40-44-48-52-56-60-64-70(75)76-65-61-57-53-49-45-41-38-35-32-30-28-26-24-22-20-18-19-21-23-25-27-29-31-34-36-39-43-47-51-55-59-63-69(74)71-67(66-72)68(73)62-58-54-50-46-42-14-12-10-8-6-4-2/h16-17,58,62,67-68,72-73H,3-15,18-57,59-61,63-66H2,1-2H3,(H,71,74)/b17-16-,62-58+. The predicted octanol–water partition coefficient (Wildman–Crippen LogP) is 22.1. The van der Waals surface area contributed by atoms with E-state index in [1.165, 1.54) is 315 Å². The molecule has 0 bridgehead atoms. The summed E-state index contributed by atoms with van der Waals surface area (Å²) in [6.45, 7) is 4.91. The second-order valence-electron chi connectivity index (χ2n) is 23.9. The van der Waals surface area contributed by atoms with Crippen LogP contribution in [0.5, 0.6) is 0 Å². The SMILES string of the molecule is CCCCCCCC/C=C\CCCCCCCCCC(=O)OCCCCCCCCCCCCCCCCCCCCCCCCCCCCCCCCCC(=O)NC(CO)C(O)/C=C/CCCCCCCCCCC. The number of esters is 1. The molecule has 0 saturated carbocycles. The lowest BCUT2D eigenvalue weighted by Crippen LogP contribution is -2.45. The first-order chi connectivity index (χ1) is 37.5. The number of ether oxygens (including phenoxy) is 1. The number of amides is 1. The lowest BCUT2D eigenvalue weighted by molar-refractivity contribution is -0.143. The Morgan fingerprint density at radius 1 is 0.355 bits per heavy atom. The monoisotopic (exact) mass is 1070 g/mol. The Morgan fingerprint density at radius 3 is 0.934 bits per heavy atom. The van der Waals surface area contributed by atoms with Gasteiger partial charge in [-0.1, -0.05) is 340 Å². The summed E-state index contributed by atoms with van der Waals surface area (Å²) in [4.78, 5) is 24.5. The van der Waals surface area contributed by atoms with Crippen LogP contribution in [0.4, 0.5) is 0 Å². The van der Waals surface area contributed by atoms with Crippen molar-refractivity contribution in [2.24, 2.45) is 0 Å². The molecule has 6 nitrogen and oxygen atoms in total. The Morgan fingerprint density at radius 2 is 0.618 bits per heavy atom. The van der Waals surface area contributed by atoms with Crippen LogP contribution in [-0.2, 0) is 14.3 Å². The van der Waals surface area contributed by atoms with Crippen LogP contribution in [0.1, 0.15) is 386 Å². The average Bonchev–Trinajstić information content (AvgIpc) is 3.42. The quantitative estimate of drug-likeness (QED) is 0.0320. The van der Waals surface area contributed by atoms with Crippen LogP contribution in [0, 0.1) is 0 Å². The number of nitrogens with one attached hydrogen (secondary N) is 1. The molecule has 76 heavy (non-hydrogen) atoms. The molecule has 1 amide bonds. The normalized spacial score (nSPS) is 12.6. The Bertz CT molecular complexity index is 1190. The highest BCUT2D eigenvalue weighted by atomic mass is 16.5. The number of aliphatic hydroxyl groups is 2. The van der Waals surface area contributed by atoms with Crippen LogP contribution in [0.2, 0.25) is 0 Å². The summed E-state index contributed by atoms with van der Waals surface area (Å²) in [5.41, 5.74) is 0. The van der Waals surface area contributed by atoms with E-state index >= 15 is 0 Å². The summed E-state index contributed by atoms with van der Waals surface area (Å²) in [7, 11) is 0. The molecule has 0 aliphatic carbocycles. The van der Waals surface area contributed by atoms with Crippen LogP contribution in [0.25, 0.3) is 0 Å². The fourth-order valence-electron chi connectivity index (χ4n) is 10.9. The maximum Gasteiger partial charge on any atom is 0.305 e. The number of carbonyl (C=O) groups excluding carboxylic acids is 2. The zero-order valence-electron chi connectivity index (χ0n) is 51.5. The molecule has 450 valence electrons. The maximum atomic E-state index is 12.4. The van der Waals surface area contributed by atoms with Gasteiger partial charge in [0.2, 0.25) is 5.91 Å². The van der Waals surface area contributed by atoms with E-state index in [4.69, 9.17) is 4.74 Å². The highest BCUT2D eigenvalue weighted by Gasteiger charge is 2.18. The van der Waals surface area contributed by atoms with Crippen molar-refractivity contribution in [1.29, 1.82) is 0 Å². The van der Waals surface area contributed by atoms with E-state index in [2.05, 4.69) is 31.3 Å². The number of hydrogen-bond acceptors (Lipinski definition) is 5. The highest BCUT2D eigenvalue weighted by Crippen LogP contribution is 2.19. The van der Waals surface area contributed by atoms with Gasteiger partial charge in [0.25, 0.3) is 0 Å². The summed E-state index contributed by atoms with van der Waals surface area (Å²) in [5, 5.41) is 23.1. The molecular formula is C70H135NO5. The molecule has 0 aliphatic heterocycles. The van der Waals surface area contributed by atoms with Gasteiger partial charge in [-0.2, -0.15) is 0 Å². The first-order valence-corrected chi connectivity index (χ1v) is 34.6. The van der Waals surface area contributed by atoms with Crippen LogP contribution >= 0.6 is 0 Å². The fourth-order valence-corrected chi connectivity index (χ4v) is 10.9. The molecule has 2 atom stereocenters. The first kappa shape index (κ1) is 74.3. The van der Waals surface area contributed by atoms with Gasteiger partial charge >= 0.3 is 5.97 Å². The van der Waals surface area contributed by atoms with Gasteiger partial charge in [-0.15, -0.1) is 0 Å². The third kappa shape index (κ3) is 61.6. The van der Waals surface area contributed by atoms with E-state index < -0.39 is 12.1 Å². The van der Waals surface area contributed by atoms with Gasteiger partial charge in [0.1, 0.15) is 0 Å². The van der Waals surface area contributed by atoms with Crippen molar-refractivity contribution in [3.8, 4) is 0 Å². The number of unbranched alkanes of at least 4 members (excludes halogenated alkanes) is 52. The third-order valence-electron chi connectivity index (χ3n) is 16.2. The van der Waals surface area contributed by atoms with Crippen molar-refractivity contribution in [1.82, 2.24) is 5.32 Å². The minimum absolute atomic E-state index is 0.0175. The van der Waals surface area contributed by atoms with Crippen LogP contribution in [0.3, 0.4) is 0 Å². The fraction of sp³-hybridized carbons (Fsp3) is 0.914. The van der Waals surface area contributed by atoms with Crippen molar-refractivity contribution in [3.63, 3.8) is 0 Å². The Hall–Kier alpha value is -1.66. The lowest BCUT2D eigenvalue weighted by Gasteiger charge is -2.20. The smallest absolute Gasteiger partial charge is 0.305 e. The number of hydrogen-bond donors (Lipinski definition) is 3. The first-order valence-electron chi connectivity index (χ1n) is 34.6. The highest BCUT2D eigenvalue weighted by molar-refractivity contribution is 5.76. The van der Waals surface area contributed by atoms with Crippen molar-refractivity contribution < 1.29 is 24.5 Å². The topological polar surface area (TPSA) is 95.9 Å². The van der Waals surface area contributed by atoms with Crippen molar-refractivity contribution in [3.05, 3.63) is 24.3 Å². The number of allylic oxidation sites excluding steroid dienone is 3. The molecule has 0 aliphatic rings. The number of aliphatic hydroxyl groups excluding tert-OH is 2.